The van der Waals surface area contributed by atoms with E-state index in [1.807, 2.05) is 38.1 Å². The first-order valence-electron chi connectivity index (χ1n) is 15.5. The molecule has 0 radical (unpaired) electrons. The zero-order valence-electron chi connectivity index (χ0n) is 27.3. The molecule has 3 aromatic rings. The Kier molecular flexibility index (Phi) is 13.4. The lowest BCUT2D eigenvalue weighted by Gasteiger charge is -2.27. The molecule has 1 aliphatic rings. The lowest BCUT2D eigenvalue weighted by Crippen LogP contribution is -2.83. The maximum atomic E-state index is 13.6. The van der Waals surface area contributed by atoms with Crippen molar-refractivity contribution >= 4 is 23.5 Å². The fourth-order valence-corrected chi connectivity index (χ4v) is 5.57. The number of carbonyl (C=O) groups excluding carboxylic acids is 3. The van der Waals surface area contributed by atoms with Gasteiger partial charge in [0.2, 0.25) is 5.91 Å². The quantitative estimate of drug-likeness (QED) is 0.159. The molecule has 0 spiro atoms. The van der Waals surface area contributed by atoms with E-state index in [1.54, 1.807) is 29.2 Å². The number of quaternary nitrogens is 1. The predicted molar refractivity (Wildman–Crippen MR) is 168 cm³/mol. The lowest BCUT2D eigenvalue weighted by atomic mass is 9.81. The number of methoxy groups -OCH3 is 1. The summed E-state index contributed by atoms with van der Waals surface area (Å²) in [6, 6.07) is 17.5. The summed E-state index contributed by atoms with van der Waals surface area (Å²) in [5.41, 5.74) is 3.56. The van der Waals surface area contributed by atoms with Crippen molar-refractivity contribution in [2.24, 2.45) is 5.41 Å². The van der Waals surface area contributed by atoms with Crippen LogP contribution < -0.4 is 24.8 Å². The lowest BCUT2D eigenvalue weighted by molar-refractivity contribution is -0.672. The Morgan fingerprint density at radius 2 is 1.56 bits per heavy atom. The number of amides is 1. The van der Waals surface area contributed by atoms with E-state index >= 15 is 0 Å². The highest BCUT2D eigenvalue weighted by Gasteiger charge is 2.43. The van der Waals surface area contributed by atoms with Gasteiger partial charge in [-0.3, -0.25) is 4.79 Å². The number of alkyl halides is 3. The maximum Gasteiger partial charge on any atom is 0.430 e. The zero-order chi connectivity index (χ0) is 35.5. The molecule has 0 saturated carbocycles. The minimum absolute atomic E-state index is 0.0299. The number of carboxylic acid groups (broad SMARTS) is 1. The first kappa shape index (κ1) is 37.8. The van der Waals surface area contributed by atoms with E-state index in [-0.39, 0.29) is 17.1 Å². The zero-order valence-corrected chi connectivity index (χ0v) is 27.3. The third-order valence-electron chi connectivity index (χ3n) is 8.02. The smallest absolute Gasteiger partial charge is 0.430 e. The Hall–Kier alpha value is -4.65. The van der Waals surface area contributed by atoms with Gasteiger partial charge in [-0.05, 0) is 62.2 Å². The van der Waals surface area contributed by atoms with Gasteiger partial charge in [0.05, 0.1) is 43.7 Å². The molecular weight excluding hydrogens is 636 g/mol. The average molecular weight is 677 g/mol. The van der Waals surface area contributed by atoms with Gasteiger partial charge in [-0.25, -0.2) is 9.18 Å². The Morgan fingerprint density at radius 1 is 0.979 bits per heavy atom. The molecular formula is C35H40F4N2O7. The molecule has 3 aromatic carbocycles. The van der Waals surface area contributed by atoms with Crippen LogP contribution in [0, 0.1) is 11.2 Å². The van der Waals surface area contributed by atoms with Crippen molar-refractivity contribution in [3.8, 4) is 22.6 Å². The molecule has 13 heteroatoms. The summed E-state index contributed by atoms with van der Waals surface area (Å²) >= 11 is 0. The summed E-state index contributed by atoms with van der Waals surface area (Å²) < 4.78 is 62.1. The molecule has 0 aromatic heterocycles. The number of carboxylic acids is 1. The third-order valence-corrected chi connectivity index (χ3v) is 8.02. The van der Waals surface area contributed by atoms with Crippen molar-refractivity contribution in [2.45, 2.75) is 52.8 Å². The minimum atomic E-state index is -5.19. The van der Waals surface area contributed by atoms with Gasteiger partial charge in [-0.2, -0.15) is 13.2 Å². The highest BCUT2D eigenvalue weighted by Crippen LogP contribution is 2.42. The fourth-order valence-electron chi connectivity index (χ4n) is 5.57. The number of hydrogen-bond donors (Lipinski definition) is 1. The number of ether oxygens (including phenoxy) is 3. The first-order chi connectivity index (χ1) is 22.8. The van der Waals surface area contributed by atoms with Gasteiger partial charge in [0.1, 0.15) is 29.8 Å². The standard InChI is InChI=1S/C33H39FN2O5.C2HF3O2/c1-5-33(20-30(37)36(22-33)27-11-9-8-10-26(27)32(38)39-4)16-17-35-21-23-18-28(40-6-2)31(29(19-23)41-7-3)24-12-14-25(34)15-13-24;3-2(4,5)1(6)7/h8-15,18-19,35H,5-7,16-17,20-22H2,1-4H3;(H,6,7). The molecule has 9 nitrogen and oxygen atoms in total. The van der Waals surface area contributed by atoms with Gasteiger partial charge in [-0.1, -0.05) is 31.2 Å². The second-order valence-electron chi connectivity index (χ2n) is 11.2. The number of aliphatic carboxylic acids is 1. The number of benzene rings is 3. The van der Waals surface area contributed by atoms with Gasteiger partial charge in [0.25, 0.3) is 0 Å². The van der Waals surface area contributed by atoms with Gasteiger partial charge >= 0.3 is 12.1 Å². The van der Waals surface area contributed by atoms with Crippen LogP contribution in [0.2, 0.25) is 0 Å². The van der Waals surface area contributed by atoms with E-state index in [0.717, 1.165) is 36.1 Å². The molecule has 1 heterocycles. The average Bonchev–Trinajstić information content (AvgIpc) is 3.39. The number of esters is 1. The molecule has 1 atom stereocenters. The molecule has 1 fully saturated rings. The second kappa shape index (κ2) is 17.0. The highest BCUT2D eigenvalue weighted by atomic mass is 19.4. The topological polar surface area (TPSA) is 122 Å². The van der Waals surface area contributed by atoms with E-state index in [9.17, 15) is 27.2 Å². The molecule has 0 bridgehead atoms. The van der Waals surface area contributed by atoms with Gasteiger partial charge in [0, 0.05) is 30.4 Å². The number of para-hydroxylation sites is 1. The predicted octanol–water partition coefficient (Wildman–Crippen LogP) is 4.66. The van der Waals surface area contributed by atoms with Gasteiger partial charge in [0.15, 0.2) is 0 Å². The number of carbonyl (C=O) groups is 3. The normalized spacial score (nSPS) is 15.8. The second-order valence-corrected chi connectivity index (χ2v) is 11.2. The minimum Gasteiger partial charge on any atom is -0.542 e. The summed E-state index contributed by atoms with van der Waals surface area (Å²) in [6.45, 7) is 9.11. The number of nitrogens with two attached hydrogens (primary N) is 1. The Balaban J connectivity index is 0.000000804. The van der Waals surface area contributed by atoms with E-state index in [2.05, 4.69) is 12.2 Å². The third kappa shape index (κ3) is 9.69. The molecule has 2 N–H and O–H groups in total. The van der Waals surface area contributed by atoms with Crippen LogP contribution in [0.5, 0.6) is 11.5 Å². The number of hydrogen-bond acceptors (Lipinski definition) is 7. The van der Waals surface area contributed by atoms with E-state index < -0.39 is 18.1 Å². The molecule has 1 saturated heterocycles. The summed E-state index contributed by atoms with van der Waals surface area (Å²) in [7, 11) is 1.35. The Labute approximate surface area is 276 Å². The first-order valence-corrected chi connectivity index (χ1v) is 15.5. The van der Waals surface area contributed by atoms with Crippen molar-refractivity contribution in [1.82, 2.24) is 0 Å². The molecule has 1 amide bonds. The SMILES string of the molecule is CCOc1cc(C[NH2+]CCC2(CC)CC(=O)N(c3ccccc3C(=O)OC)C2)cc(OCC)c1-c1ccc(F)cc1.O=C([O-])C(F)(F)F. The van der Waals surface area contributed by atoms with Crippen LogP contribution in [0.4, 0.5) is 23.2 Å². The van der Waals surface area contributed by atoms with Crippen LogP contribution in [0.15, 0.2) is 60.7 Å². The van der Waals surface area contributed by atoms with Crippen LogP contribution >= 0.6 is 0 Å². The number of anilines is 1. The maximum absolute atomic E-state index is 13.6. The largest absolute Gasteiger partial charge is 0.542 e. The van der Waals surface area contributed by atoms with Crippen LogP contribution in [-0.2, 0) is 20.9 Å². The number of rotatable bonds is 13. The molecule has 1 unspecified atom stereocenters. The van der Waals surface area contributed by atoms with Crippen molar-refractivity contribution in [2.75, 3.05) is 38.3 Å². The number of nitrogens with zero attached hydrogens (tertiary/aromatic N) is 1. The summed E-state index contributed by atoms with van der Waals surface area (Å²) in [6.07, 6.45) is -3.03. The van der Waals surface area contributed by atoms with Crippen LogP contribution in [0.3, 0.4) is 0 Å². The van der Waals surface area contributed by atoms with E-state index in [4.69, 9.17) is 24.1 Å². The summed E-state index contributed by atoms with van der Waals surface area (Å²) in [5.74, 6) is -2.30. The highest BCUT2D eigenvalue weighted by molar-refractivity contribution is 6.04. The van der Waals surface area contributed by atoms with Gasteiger partial charge < -0.3 is 34.3 Å². The monoisotopic (exact) mass is 676 g/mol. The van der Waals surface area contributed by atoms with Gasteiger partial charge in [-0.15, -0.1) is 0 Å². The van der Waals surface area contributed by atoms with Crippen molar-refractivity contribution < 1.29 is 56.6 Å². The van der Waals surface area contributed by atoms with E-state index in [0.29, 0.717) is 55.5 Å². The van der Waals surface area contributed by atoms with Crippen LogP contribution in [0.1, 0.15) is 56.0 Å². The van der Waals surface area contributed by atoms with Crippen LogP contribution in [0.25, 0.3) is 11.1 Å². The fraction of sp³-hybridized carbons (Fsp3) is 0.400. The van der Waals surface area contributed by atoms with Crippen LogP contribution in [-0.4, -0.2) is 57.4 Å². The molecule has 0 aliphatic carbocycles. The van der Waals surface area contributed by atoms with Crippen molar-refractivity contribution in [3.63, 3.8) is 0 Å². The summed E-state index contributed by atoms with van der Waals surface area (Å²) in [5, 5.41) is 11.0. The van der Waals surface area contributed by atoms with Crippen molar-refractivity contribution in [1.29, 1.82) is 0 Å². The summed E-state index contributed by atoms with van der Waals surface area (Å²) in [4.78, 5) is 36.0. The Bertz CT molecular complexity index is 1540. The molecule has 260 valence electrons. The molecule has 1 aliphatic heterocycles. The molecule has 48 heavy (non-hydrogen) atoms. The number of halogens is 4. The van der Waals surface area contributed by atoms with E-state index in [1.165, 1.54) is 19.2 Å². The molecule has 4 rings (SSSR count). The van der Waals surface area contributed by atoms with Crippen molar-refractivity contribution in [3.05, 3.63) is 77.6 Å². The Morgan fingerprint density at radius 3 is 2.08 bits per heavy atom.